The Hall–Kier alpha value is -1.21. The van der Waals surface area contributed by atoms with E-state index in [1.807, 2.05) is 30.9 Å². The number of nitrogens with one attached hydrogen (secondary N) is 1. The molecule has 0 aliphatic carbocycles. The molecule has 1 amide bonds. The first-order valence-electron chi connectivity index (χ1n) is 7.25. The number of amides is 1. The number of thioether (sulfide) groups is 1. The van der Waals surface area contributed by atoms with Gasteiger partial charge in [-0.3, -0.25) is 4.79 Å². The van der Waals surface area contributed by atoms with E-state index in [2.05, 4.69) is 0 Å². The molecular formula is C17H17Cl2NO3S2. The van der Waals surface area contributed by atoms with Crippen LogP contribution in [0.3, 0.4) is 0 Å². The summed E-state index contributed by atoms with van der Waals surface area (Å²) in [6, 6.07) is 11.4. The number of carbonyl (C=O) groups excluding carboxylic acids is 1. The Bertz CT molecular complexity index is 895. The second-order valence-corrected chi connectivity index (χ2v) is 9.38. The van der Waals surface area contributed by atoms with E-state index in [9.17, 15) is 13.2 Å². The molecular weight excluding hydrogens is 401 g/mol. The van der Waals surface area contributed by atoms with Crippen molar-refractivity contribution in [3.8, 4) is 0 Å². The minimum absolute atomic E-state index is 0.0371. The molecule has 0 atom stereocenters. The highest BCUT2D eigenvalue weighted by atomic mass is 35.5. The molecule has 4 nitrogen and oxygen atoms in total. The van der Waals surface area contributed by atoms with E-state index in [0.717, 1.165) is 11.1 Å². The smallest absolute Gasteiger partial charge is 0.270 e. The molecule has 0 spiro atoms. The number of benzene rings is 2. The summed E-state index contributed by atoms with van der Waals surface area (Å²) in [5.74, 6) is -1.02. The average Bonchev–Trinajstić information content (AvgIpc) is 2.54. The van der Waals surface area contributed by atoms with Crippen LogP contribution in [-0.2, 0) is 19.2 Å². The first-order chi connectivity index (χ1) is 11.6. The summed E-state index contributed by atoms with van der Waals surface area (Å²) in [5.41, 5.74) is 2.10. The fraction of sp³-hybridized carbons (Fsp3) is 0.235. The molecule has 0 heterocycles. The minimum Gasteiger partial charge on any atom is -0.270 e. The summed E-state index contributed by atoms with van der Waals surface area (Å²) in [5, 5.41) is 0. The van der Waals surface area contributed by atoms with E-state index >= 15 is 0 Å². The van der Waals surface area contributed by atoms with Gasteiger partial charge in [-0.05, 0) is 38.3 Å². The molecule has 0 bridgehead atoms. The molecule has 0 saturated heterocycles. The summed E-state index contributed by atoms with van der Waals surface area (Å²) < 4.78 is 24.7. The molecule has 0 unspecified atom stereocenters. The molecule has 1 N–H and O–H groups in total. The molecule has 0 saturated carbocycles. The second-order valence-electron chi connectivity index (χ2n) is 5.53. The summed E-state index contributed by atoms with van der Waals surface area (Å²) in [7, 11) is -4.07. The van der Waals surface area contributed by atoms with Crippen molar-refractivity contribution in [1.29, 1.82) is 0 Å². The van der Waals surface area contributed by atoms with E-state index in [1.54, 1.807) is 24.3 Å². The van der Waals surface area contributed by atoms with Crippen LogP contribution < -0.4 is 4.72 Å². The molecule has 0 radical (unpaired) electrons. The van der Waals surface area contributed by atoms with Gasteiger partial charge in [0.05, 0.1) is 4.90 Å². The maximum atomic E-state index is 12.5. The molecule has 2 aromatic carbocycles. The minimum atomic E-state index is -4.07. The Morgan fingerprint density at radius 2 is 1.60 bits per heavy atom. The van der Waals surface area contributed by atoms with Crippen LogP contribution in [0.2, 0.25) is 0 Å². The summed E-state index contributed by atoms with van der Waals surface area (Å²) in [4.78, 5) is 13.2. The fourth-order valence-electron chi connectivity index (χ4n) is 2.15. The topological polar surface area (TPSA) is 63.2 Å². The van der Waals surface area contributed by atoms with E-state index in [0.29, 0.717) is 10.5 Å². The summed E-state index contributed by atoms with van der Waals surface area (Å²) >= 11 is 13.9. The predicted octanol–water partition coefficient (Wildman–Crippen LogP) is 4.16. The Labute approximate surface area is 162 Å². The van der Waals surface area contributed by atoms with Crippen molar-refractivity contribution >= 4 is 50.9 Å². The van der Waals surface area contributed by atoms with Gasteiger partial charge in [-0.25, -0.2) is 13.1 Å². The number of rotatable bonds is 5. The molecule has 2 rings (SSSR count). The molecule has 2 aromatic rings. The lowest BCUT2D eigenvalue weighted by Gasteiger charge is -2.22. The van der Waals surface area contributed by atoms with E-state index in [4.69, 9.17) is 23.2 Å². The van der Waals surface area contributed by atoms with Crippen molar-refractivity contribution < 1.29 is 13.2 Å². The monoisotopic (exact) mass is 417 g/mol. The van der Waals surface area contributed by atoms with Crippen LogP contribution in [0.4, 0.5) is 0 Å². The lowest BCUT2D eigenvalue weighted by atomic mass is 10.1. The zero-order chi connectivity index (χ0) is 18.8. The lowest BCUT2D eigenvalue weighted by molar-refractivity contribution is -0.120. The van der Waals surface area contributed by atoms with E-state index < -0.39 is 20.3 Å². The van der Waals surface area contributed by atoms with Gasteiger partial charge in [0.15, 0.2) is 0 Å². The van der Waals surface area contributed by atoms with E-state index in [1.165, 1.54) is 23.9 Å². The van der Waals surface area contributed by atoms with Gasteiger partial charge in [0.25, 0.3) is 15.9 Å². The average molecular weight is 418 g/mol. The van der Waals surface area contributed by atoms with Crippen molar-refractivity contribution in [3.05, 3.63) is 59.2 Å². The number of carbonyl (C=O) groups is 1. The maximum Gasteiger partial charge on any atom is 0.274 e. The number of sulfonamides is 1. The largest absolute Gasteiger partial charge is 0.274 e. The first-order valence-corrected chi connectivity index (χ1v) is 10.7. The highest BCUT2D eigenvalue weighted by Crippen LogP contribution is 2.40. The quantitative estimate of drug-likeness (QED) is 0.585. The zero-order valence-corrected chi connectivity index (χ0v) is 17.0. The van der Waals surface area contributed by atoms with Crippen molar-refractivity contribution in [3.63, 3.8) is 0 Å². The van der Waals surface area contributed by atoms with Crippen LogP contribution in [0, 0.1) is 13.8 Å². The van der Waals surface area contributed by atoms with Crippen LogP contribution in [-0.4, -0.2) is 20.6 Å². The Morgan fingerprint density at radius 3 is 2.16 bits per heavy atom. The van der Waals surface area contributed by atoms with Gasteiger partial charge >= 0.3 is 0 Å². The number of alkyl halides is 2. The number of hydrogen-bond acceptors (Lipinski definition) is 4. The summed E-state index contributed by atoms with van der Waals surface area (Å²) in [6.07, 6.45) is 1.82. The van der Waals surface area contributed by atoms with E-state index in [-0.39, 0.29) is 4.90 Å². The molecule has 0 aliphatic heterocycles. The van der Waals surface area contributed by atoms with Crippen LogP contribution >= 0.6 is 35.0 Å². The third-order valence-electron chi connectivity index (χ3n) is 3.54. The van der Waals surface area contributed by atoms with Crippen LogP contribution in [0.15, 0.2) is 52.3 Å². The SMILES string of the molecule is CSc1ccc(C)cc1C(Cl)(Cl)C(=O)NS(=O)(=O)c1ccc(C)cc1. The van der Waals surface area contributed by atoms with Gasteiger partial charge in [0.2, 0.25) is 4.33 Å². The second kappa shape index (κ2) is 7.58. The predicted molar refractivity (Wildman–Crippen MR) is 103 cm³/mol. The third-order valence-corrected chi connectivity index (χ3v) is 6.43. The number of halogens is 2. The normalized spacial score (nSPS) is 12.0. The van der Waals surface area contributed by atoms with Crippen LogP contribution in [0.25, 0.3) is 0 Å². The highest BCUT2D eigenvalue weighted by Gasteiger charge is 2.40. The molecule has 0 aromatic heterocycles. The van der Waals surface area contributed by atoms with Gasteiger partial charge in [-0.1, -0.05) is 58.6 Å². The molecule has 0 aliphatic rings. The third kappa shape index (κ3) is 4.50. The van der Waals surface area contributed by atoms with Gasteiger partial charge < -0.3 is 0 Å². The Morgan fingerprint density at radius 1 is 1.04 bits per heavy atom. The van der Waals surface area contributed by atoms with Crippen molar-refractivity contribution in [2.24, 2.45) is 0 Å². The zero-order valence-electron chi connectivity index (χ0n) is 13.8. The van der Waals surface area contributed by atoms with Gasteiger partial charge in [0.1, 0.15) is 0 Å². The van der Waals surface area contributed by atoms with Gasteiger partial charge in [0, 0.05) is 10.5 Å². The van der Waals surface area contributed by atoms with Crippen molar-refractivity contribution in [1.82, 2.24) is 4.72 Å². The Kier molecular flexibility index (Phi) is 6.09. The molecule has 8 heteroatoms. The molecule has 0 fully saturated rings. The first kappa shape index (κ1) is 20.1. The van der Waals surface area contributed by atoms with Gasteiger partial charge in [-0.15, -0.1) is 11.8 Å². The Balaban J connectivity index is 2.36. The number of aryl methyl sites for hydroxylation is 2. The maximum absolute atomic E-state index is 12.5. The van der Waals surface area contributed by atoms with Gasteiger partial charge in [-0.2, -0.15) is 0 Å². The highest BCUT2D eigenvalue weighted by molar-refractivity contribution is 7.98. The van der Waals surface area contributed by atoms with Crippen molar-refractivity contribution in [2.75, 3.05) is 6.26 Å². The fourth-order valence-corrected chi connectivity index (χ4v) is 4.43. The number of hydrogen-bond donors (Lipinski definition) is 1. The van der Waals surface area contributed by atoms with Crippen LogP contribution in [0.1, 0.15) is 16.7 Å². The lowest BCUT2D eigenvalue weighted by Crippen LogP contribution is -2.40. The summed E-state index contributed by atoms with van der Waals surface area (Å²) in [6.45, 7) is 3.66. The van der Waals surface area contributed by atoms with Crippen LogP contribution in [0.5, 0.6) is 0 Å². The standard InChI is InChI=1S/C17H17Cl2NO3S2/c1-11-4-7-13(8-5-11)25(22,23)20-16(21)17(18,19)14-10-12(2)6-9-15(14)24-3/h4-10H,1-3H3,(H,20,21). The molecule has 25 heavy (non-hydrogen) atoms. The van der Waals surface area contributed by atoms with Crippen molar-refractivity contribution in [2.45, 2.75) is 28.0 Å². The molecule has 134 valence electrons.